The average Bonchev–Trinajstić information content (AvgIpc) is 3.17. The molecule has 5 rings (SSSR count). The second-order valence-electron chi connectivity index (χ2n) is 8.55. The van der Waals surface area contributed by atoms with Crippen molar-refractivity contribution in [2.24, 2.45) is 0 Å². The van der Waals surface area contributed by atoms with Crippen LogP contribution in [0.4, 0.5) is 4.79 Å². The molecule has 0 spiro atoms. The van der Waals surface area contributed by atoms with Crippen molar-refractivity contribution in [1.29, 1.82) is 0 Å². The maximum atomic E-state index is 13.1. The summed E-state index contributed by atoms with van der Waals surface area (Å²) in [6.45, 7) is 2.88. The fourth-order valence-electron chi connectivity index (χ4n) is 4.23. The molecule has 0 aromatic heterocycles. The highest BCUT2D eigenvalue weighted by molar-refractivity contribution is 14.1. The molecule has 0 saturated carbocycles. The molecule has 5 nitrogen and oxygen atoms in total. The molecule has 0 N–H and O–H groups in total. The van der Waals surface area contributed by atoms with E-state index >= 15 is 0 Å². The first kappa shape index (κ1) is 26.6. The third-order valence-corrected chi connectivity index (χ3v) is 8.12. The molecular formula is C30H23ClINO4S. The molecular weight excluding hydrogens is 633 g/mol. The number of benzene rings is 4. The smallest absolute Gasteiger partial charge is 0.293 e. The highest BCUT2D eigenvalue weighted by Crippen LogP contribution is 2.38. The van der Waals surface area contributed by atoms with Crippen LogP contribution >= 0.6 is 46.0 Å². The van der Waals surface area contributed by atoms with Crippen molar-refractivity contribution in [2.75, 3.05) is 6.61 Å². The van der Waals surface area contributed by atoms with Gasteiger partial charge in [-0.25, -0.2) is 0 Å². The van der Waals surface area contributed by atoms with Crippen molar-refractivity contribution in [3.8, 4) is 11.5 Å². The minimum atomic E-state index is -0.343. The van der Waals surface area contributed by atoms with Crippen molar-refractivity contribution < 1.29 is 19.1 Å². The Morgan fingerprint density at radius 3 is 2.50 bits per heavy atom. The van der Waals surface area contributed by atoms with Crippen LogP contribution in [0, 0.1) is 3.57 Å². The first-order valence-corrected chi connectivity index (χ1v) is 14.3. The van der Waals surface area contributed by atoms with E-state index in [1.807, 2.05) is 55.5 Å². The van der Waals surface area contributed by atoms with E-state index in [2.05, 4.69) is 46.9 Å². The molecule has 38 heavy (non-hydrogen) atoms. The van der Waals surface area contributed by atoms with Gasteiger partial charge in [0.25, 0.3) is 11.1 Å². The number of carbonyl (C=O) groups excluding carboxylic acids is 2. The maximum absolute atomic E-state index is 13.1. The van der Waals surface area contributed by atoms with Gasteiger partial charge < -0.3 is 9.47 Å². The summed E-state index contributed by atoms with van der Waals surface area (Å²) in [7, 11) is 0. The highest BCUT2D eigenvalue weighted by atomic mass is 127. The summed E-state index contributed by atoms with van der Waals surface area (Å²) in [5.41, 5.74) is 2.55. The Balaban J connectivity index is 1.39. The first-order chi connectivity index (χ1) is 18.4. The topological polar surface area (TPSA) is 55.8 Å². The molecule has 4 aromatic carbocycles. The molecule has 192 valence electrons. The number of hydrogen-bond acceptors (Lipinski definition) is 5. The molecule has 0 aliphatic carbocycles. The fraction of sp³-hybridized carbons (Fsp3) is 0.133. The first-order valence-electron chi connectivity index (χ1n) is 12.0. The van der Waals surface area contributed by atoms with Gasteiger partial charge in [0, 0.05) is 5.02 Å². The number of ether oxygens (including phenoxy) is 2. The molecule has 0 atom stereocenters. The monoisotopic (exact) mass is 655 g/mol. The number of rotatable bonds is 8. The van der Waals surface area contributed by atoms with Crippen LogP contribution < -0.4 is 9.47 Å². The van der Waals surface area contributed by atoms with Gasteiger partial charge in [-0.1, -0.05) is 72.3 Å². The van der Waals surface area contributed by atoms with Crippen molar-refractivity contribution in [3.05, 3.63) is 109 Å². The lowest BCUT2D eigenvalue weighted by molar-refractivity contribution is -0.123. The standard InChI is InChI=1S/C30H23ClINO4S/c1-2-36-26-15-19(16-27-29(34)33(30(35)38-27)17-21-9-4-6-13-24(21)31)14-25(32)28(26)37-18-22-11-7-10-20-8-3-5-12-23(20)22/h3-16H,2,17-18H2,1H3/b27-16-. The Morgan fingerprint density at radius 1 is 0.947 bits per heavy atom. The second-order valence-corrected chi connectivity index (χ2v) is 11.1. The summed E-state index contributed by atoms with van der Waals surface area (Å²) in [4.78, 5) is 27.3. The third kappa shape index (κ3) is 5.70. The van der Waals surface area contributed by atoms with Crippen molar-refractivity contribution >= 4 is 73.9 Å². The van der Waals surface area contributed by atoms with Gasteiger partial charge in [-0.2, -0.15) is 0 Å². The molecule has 8 heteroatoms. The van der Waals surface area contributed by atoms with E-state index in [1.54, 1.807) is 12.1 Å². The molecule has 0 radical (unpaired) electrons. The van der Waals surface area contributed by atoms with Crippen molar-refractivity contribution in [1.82, 2.24) is 4.90 Å². The third-order valence-electron chi connectivity index (χ3n) is 6.04. The van der Waals surface area contributed by atoms with Crippen molar-refractivity contribution in [2.45, 2.75) is 20.1 Å². The van der Waals surface area contributed by atoms with E-state index < -0.39 is 0 Å². The lowest BCUT2D eigenvalue weighted by Crippen LogP contribution is -2.27. The van der Waals surface area contributed by atoms with Gasteiger partial charge in [-0.15, -0.1) is 0 Å². The zero-order valence-electron chi connectivity index (χ0n) is 20.4. The zero-order chi connectivity index (χ0) is 26.6. The van der Waals surface area contributed by atoms with Gasteiger partial charge in [-0.3, -0.25) is 14.5 Å². The Morgan fingerprint density at radius 2 is 1.68 bits per heavy atom. The Kier molecular flexibility index (Phi) is 8.26. The Hall–Kier alpha value is -3.01. The minimum absolute atomic E-state index is 0.129. The molecule has 1 heterocycles. The summed E-state index contributed by atoms with van der Waals surface area (Å²) < 4.78 is 13.0. The SMILES string of the molecule is CCOc1cc(/C=C2\SC(=O)N(Cc3ccccc3Cl)C2=O)cc(I)c1OCc1cccc2ccccc12. The maximum Gasteiger partial charge on any atom is 0.293 e. The normalized spacial score (nSPS) is 14.5. The molecule has 1 saturated heterocycles. The zero-order valence-corrected chi connectivity index (χ0v) is 24.2. The number of fused-ring (bicyclic) bond motifs is 1. The Bertz CT molecular complexity index is 1570. The molecule has 0 unspecified atom stereocenters. The molecule has 0 bridgehead atoms. The van der Waals surface area contributed by atoms with Crippen LogP contribution in [0.3, 0.4) is 0 Å². The van der Waals surface area contributed by atoms with E-state index in [4.69, 9.17) is 21.1 Å². The van der Waals surface area contributed by atoms with Crippen LogP contribution in [0.25, 0.3) is 16.8 Å². The largest absolute Gasteiger partial charge is 0.490 e. The van der Waals surface area contributed by atoms with Gasteiger partial charge in [0.15, 0.2) is 11.5 Å². The van der Waals surface area contributed by atoms with Gasteiger partial charge in [0.1, 0.15) is 6.61 Å². The molecule has 1 fully saturated rings. The lowest BCUT2D eigenvalue weighted by atomic mass is 10.1. The highest BCUT2D eigenvalue weighted by Gasteiger charge is 2.35. The summed E-state index contributed by atoms with van der Waals surface area (Å²) >= 11 is 9.37. The van der Waals surface area contributed by atoms with Gasteiger partial charge in [-0.05, 0) is 93.0 Å². The molecule has 1 aliphatic rings. The van der Waals surface area contributed by atoms with Crippen LogP contribution in [0.15, 0.2) is 83.8 Å². The lowest BCUT2D eigenvalue weighted by Gasteiger charge is -2.16. The molecule has 1 aliphatic heterocycles. The summed E-state index contributed by atoms with van der Waals surface area (Å²) in [5, 5.41) is 2.50. The molecule has 4 aromatic rings. The quantitative estimate of drug-likeness (QED) is 0.141. The fourth-order valence-corrected chi connectivity index (χ4v) is 6.04. The van der Waals surface area contributed by atoms with Crippen LogP contribution in [0.5, 0.6) is 11.5 Å². The number of nitrogens with zero attached hydrogens (tertiary/aromatic N) is 1. The van der Waals surface area contributed by atoms with Crippen LogP contribution in [0.2, 0.25) is 5.02 Å². The molecule has 2 amide bonds. The van der Waals surface area contributed by atoms with Gasteiger partial charge >= 0.3 is 0 Å². The van der Waals surface area contributed by atoms with E-state index in [1.165, 1.54) is 4.90 Å². The van der Waals surface area contributed by atoms with Crippen molar-refractivity contribution in [3.63, 3.8) is 0 Å². The summed E-state index contributed by atoms with van der Waals surface area (Å²) in [6.07, 6.45) is 1.72. The number of hydrogen-bond donors (Lipinski definition) is 0. The number of carbonyl (C=O) groups is 2. The minimum Gasteiger partial charge on any atom is -0.490 e. The van der Waals surface area contributed by atoms with E-state index in [-0.39, 0.29) is 17.7 Å². The van der Waals surface area contributed by atoms with E-state index in [0.717, 1.165) is 42.8 Å². The summed E-state index contributed by atoms with van der Waals surface area (Å²) in [5.74, 6) is 0.884. The van der Waals surface area contributed by atoms with Crippen LogP contribution in [-0.2, 0) is 17.9 Å². The van der Waals surface area contributed by atoms with Gasteiger partial charge in [0.2, 0.25) is 0 Å². The Labute approximate surface area is 243 Å². The van der Waals surface area contributed by atoms with E-state index in [9.17, 15) is 9.59 Å². The number of thioether (sulfide) groups is 1. The van der Waals surface area contributed by atoms with Crippen LogP contribution in [-0.4, -0.2) is 22.7 Å². The van der Waals surface area contributed by atoms with E-state index in [0.29, 0.717) is 34.6 Å². The number of imide groups is 1. The number of amides is 2. The predicted molar refractivity (Wildman–Crippen MR) is 162 cm³/mol. The van der Waals surface area contributed by atoms with Crippen LogP contribution in [0.1, 0.15) is 23.6 Å². The number of halogens is 2. The second kappa shape index (κ2) is 11.8. The summed E-state index contributed by atoms with van der Waals surface area (Å²) in [6, 6.07) is 25.3. The van der Waals surface area contributed by atoms with Gasteiger partial charge in [0.05, 0.1) is 21.6 Å². The average molecular weight is 656 g/mol. The predicted octanol–water partition coefficient (Wildman–Crippen LogP) is 8.31.